The zero-order valence-electron chi connectivity index (χ0n) is 23.4. The Bertz CT molecular complexity index is 1490. The van der Waals surface area contributed by atoms with Crippen molar-refractivity contribution in [3.8, 4) is 33.7 Å². The number of aromatic amines is 1. The van der Waals surface area contributed by atoms with E-state index >= 15 is 0 Å². The topological polar surface area (TPSA) is 109 Å². The van der Waals surface area contributed by atoms with Crippen molar-refractivity contribution in [2.45, 2.75) is 13.0 Å². The van der Waals surface area contributed by atoms with Crippen molar-refractivity contribution in [3.05, 3.63) is 51.9 Å². The van der Waals surface area contributed by atoms with Gasteiger partial charge in [0.25, 0.3) is 0 Å². The maximum absolute atomic E-state index is 12.1. The van der Waals surface area contributed by atoms with Crippen molar-refractivity contribution in [2.24, 2.45) is 0 Å². The number of halogens is 1. The zero-order valence-corrected chi connectivity index (χ0v) is 25.0. The third kappa shape index (κ3) is 6.38. The van der Waals surface area contributed by atoms with E-state index in [1.165, 1.54) is 0 Å². The minimum Gasteiger partial charge on any atom is -0.493 e. The molecule has 0 amide bonds. The fourth-order valence-electron chi connectivity index (χ4n) is 4.74. The first-order valence-corrected chi connectivity index (χ1v) is 14.4. The summed E-state index contributed by atoms with van der Waals surface area (Å²) in [4.78, 5) is 25.4. The van der Waals surface area contributed by atoms with E-state index in [2.05, 4.69) is 26.8 Å². The van der Waals surface area contributed by atoms with Crippen LogP contribution in [-0.4, -0.2) is 91.4 Å². The lowest BCUT2D eigenvalue weighted by atomic mass is 10.1. The molecule has 0 spiro atoms. The summed E-state index contributed by atoms with van der Waals surface area (Å²) in [7, 11) is 5.25. The Morgan fingerprint density at radius 3 is 2.54 bits per heavy atom. The molecule has 2 N–H and O–H groups in total. The Labute approximate surface area is 247 Å². The largest absolute Gasteiger partial charge is 0.493 e. The predicted molar refractivity (Wildman–Crippen MR) is 159 cm³/mol. The zero-order chi connectivity index (χ0) is 29.1. The Hall–Kier alpha value is -3.51. The highest BCUT2D eigenvalue weighted by atomic mass is 35.5. The highest BCUT2D eigenvalue weighted by Gasteiger charge is 2.24. The maximum atomic E-state index is 12.1. The summed E-state index contributed by atoms with van der Waals surface area (Å²) in [5.41, 5.74) is 2.10. The number of nitrogens with one attached hydrogen (secondary N) is 1. The van der Waals surface area contributed by atoms with Gasteiger partial charge in [-0.15, -0.1) is 11.3 Å². The molecule has 10 nitrogen and oxygen atoms in total. The number of nitrogens with zero attached hydrogens (tertiary/aromatic N) is 3. The SMILES string of the molecule is COc1cc2nc(-c3cc(O[C@H](C)c4cccc(OCCN5CCN(C)CC5)c4Cl)c(C(=O)O)s3)[nH]c2cc1OC. The van der Waals surface area contributed by atoms with Gasteiger partial charge in [-0.2, -0.15) is 0 Å². The number of piperazine rings is 1. The van der Waals surface area contributed by atoms with Gasteiger partial charge >= 0.3 is 5.97 Å². The average Bonchev–Trinajstić information content (AvgIpc) is 3.58. The van der Waals surface area contributed by atoms with Gasteiger partial charge in [-0.3, -0.25) is 4.90 Å². The van der Waals surface area contributed by atoms with E-state index in [1.54, 1.807) is 32.4 Å². The summed E-state index contributed by atoms with van der Waals surface area (Å²) in [6, 6.07) is 10.8. The summed E-state index contributed by atoms with van der Waals surface area (Å²) >= 11 is 7.81. The number of rotatable bonds is 11. The van der Waals surface area contributed by atoms with Crippen LogP contribution in [0.25, 0.3) is 21.7 Å². The van der Waals surface area contributed by atoms with E-state index in [4.69, 9.17) is 30.5 Å². The summed E-state index contributed by atoms with van der Waals surface area (Å²) < 4.78 is 23.0. The number of benzene rings is 2. The number of fused-ring (bicyclic) bond motifs is 1. The van der Waals surface area contributed by atoms with Crippen molar-refractivity contribution >= 4 is 39.9 Å². The number of H-pyrrole nitrogens is 1. The average molecular weight is 601 g/mol. The van der Waals surface area contributed by atoms with Crippen molar-refractivity contribution in [1.29, 1.82) is 0 Å². The highest BCUT2D eigenvalue weighted by Crippen LogP contribution is 2.41. The Kier molecular flexibility index (Phi) is 8.88. The minimum atomic E-state index is -1.09. The number of methoxy groups -OCH3 is 2. The molecule has 0 aliphatic carbocycles. The van der Waals surface area contributed by atoms with E-state index in [1.807, 2.05) is 25.1 Å². The predicted octanol–water partition coefficient (Wildman–Crippen LogP) is 5.43. The molecule has 0 unspecified atom stereocenters. The Morgan fingerprint density at radius 1 is 1.10 bits per heavy atom. The van der Waals surface area contributed by atoms with Crippen LogP contribution in [0.3, 0.4) is 0 Å². The first-order valence-electron chi connectivity index (χ1n) is 13.2. The van der Waals surface area contributed by atoms with Crippen LogP contribution in [0.15, 0.2) is 36.4 Å². The normalized spacial score (nSPS) is 15.1. The molecule has 12 heteroatoms. The Balaban J connectivity index is 1.32. The molecule has 1 atom stereocenters. The monoisotopic (exact) mass is 600 g/mol. The molecular formula is C29H33ClN4O6S. The number of aromatic carboxylic acids is 1. The molecule has 2 aromatic heterocycles. The van der Waals surface area contributed by atoms with Gasteiger partial charge in [-0.1, -0.05) is 23.7 Å². The number of imidazole rings is 1. The standard InChI is InChI=1S/C29H33ClN4O6S/c1-17(18-6-5-7-21(26(18)30)39-13-12-34-10-8-33(2)9-11-34)40-24-16-25(41-27(24)29(35)36)28-31-19-14-22(37-3)23(38-4)15-20(19)32-28/h5-7,14-17H,8-13H2,1-4H3,(H,31,32)(H,35,36)/t17-/m1/s1. The van der Waals surface area contributed by atoms with Crippen molar-refractivity contribution in [3.63, 3.8) is 0 Å². The summed E-state index contributed by atoms with van der Waals surface area (Å²) in [6.45, 7) is 7.31. The van der Waals surface area contributed by atoms with Crippen molar-refractivity contribution in [1.82, 2.24) is 19.8 Å². The van der Waals surface area contributed by atoms with Crippen LogP contribution in [0.5, 0.6) is 23.0 Å². The van der Waals surface area contributed by atoms with E-state index in [9.17, 15) is 9.90 Å². The van der Waals surface area contributed by atoms with Gasteiger partial charge < -0.3 is 33.9 Å². The number of carboxylic acid groups (broad SMARTS) is 1. The van der Waals surface area contributed by atoms with Crippen LogP contribution in [0.1, 0.15) is 28.3 Å². The van der Waals surface area contributed by atoms with Crippen molar-refractivity contribution < 1.29 is 28.8 Å². The fraction of sp³-hybridized carbons (Fsp3) is 0.379. The minimum absolute atomic E-state index is 0.0678. The molecule has 0 bridgehead atoms. The van der Waals surface area contributed by atoms with Gasteiger partial charge in [0, 0.05) is 56.5 Å². The van der Waals surface area contributed by atoms with Gasteiger partial charge in [0.1, 0.15) is 30.0 Å². The third-order valence-corrected chi connectivity index (χ3v) is 8.62. The summed E-state index contributed by atoms with van der Waals surface area (Å²) in [5.74, 6) is 1.35. The quantitative estimate of drug-likeness (QED) is 0.233. The van der Waals surface area contributed by atoms with Crippen LogP contribution in [0.2, 0.25) is 5.02 Å². The van der Waals surface area contributed by atoms with Crippen LogP contribution in [-0.2, 0) is 0 Å². The third-order valence-electron chi connectivity index (χ3n) is 7.11. The number of thiophene rings is 1. The van der Waals surface area contributed by atoms with Gasteiger partial charge in [0.05, 0.1) is 35.2 Å². The van der Waals surface area contributed by atoms with Crippen LogP contribution >= 0.6 is 22.9 Å². The number of carbonyl (C=O) groups is 1. The van der Waals surface area contributed by atoms with Crippen LogP contribution in [0.4, 0.5) is 0 Å². The van der Waals surface area contributed by atoms with Crippen LogP contribution < -0.4 is 18.9 Å². The van der Waals surface area contributed by atoms with Gasteiger partial charge in [0.2, 0.25) is 0 Å². The van der Waals surface area contributed by atoms with Crippen LogP contribution in [0, 0.1) is 0 Å². The molecule has 218 valence electrons. The summed E-state index contributed by atoms with van der Waals surface area (Å²) in [5, 5.41) is 10.4. The smallest absolute Gasteiger partial charge is 0.349 e. The van der Waals surface area contributed by atoms with Gasteiger partial charge in [-0.25, -0.2) is 9.78 Å². The molecule has 1 aliphatic heterocycles. The molecule has 4 aromatic rings. The summed E-state index contributed by atoms with van der Waals surface area (Å²) in [6.07, 6.45) is -0.534. The highest BCUT2D eigenvalue weighted by molar-refractivity contribution is 7.17. The Morgan fingerprint density at radius 2 is 1.83 bits per heavy atom. The lowest BCUT2D eigenvalue weighted by Gasteiger charge is -2.32. The van der Waals surface area contributed by atoms with E-state index in [0.717, 1.165) is 49.6 Å². The second kappa shape index (κ2) is 12.6. The van der Waals surface area contributed by atoms with E-state index < -0.39 is 12.1 Å². The number of hydrogen-bond acceptors (Lipinski definition) is 9. The first kappa shape index (κ1) is 29.0. The number of likely N-dealkylation sites (N-methyl/N-ethyl adjacent to an activating group) is 1. The lowest BCUT2D eigenvalue weighted by molar-refractivity contribution is 0.0695. The number of hydrogen-bond donors (Lipinski definition) is 2. The molecule has 1 aliphatic rings. The molecule has 5 rings (SSSR count). The number of aromatic nitrogens is 2. The van der Waals surface area contributed by atoms with Crippen molar-refractivity contribution in [2.75, 3.05) is 60.6 Å². The van der Waals surface area contributed by atoms with E-state index in [-0.39, 0.29) is 10.6 Å². The van der Waals surface area contributed by atoms with Gasteiger partial charge in [0.15, 0.2) is 16.4 Å². The number of ether oxygens (including phenoxy) is 4. The molecule has 1 saturated heterocycles. The molecule has 2 aromatic carbocycles. The molecule has 1 fully saturated rings. The molecule has 3 heterocycles. The fourth-order valence-corrected chi connectivity index (χ4v) is 5.95. The molecule has 0 saturated carbocycles. The second-order valence-electron chi connectivity index (χ2n) is 9.83. The maximum Gasteiger partial charge on any atom is 0.349 e. The second-order valence-corrected chi connectivity index (χ2v) is 11.3. The molecular weight excluding hydrogens is 568 g/mol. The molecule has 0 radical (unpaired) electrons. The lowest BCUT2D eigenvalue weighted by Crippen LogP contribution is -2.45. The van der Waals surface area contributed by atoms with E-state index in [0.29, 0.717) is 50.7 Å². The first-order chi connectivity index (χ1) is 19.8. The van der Waals surface area contributed by atoms with Gasteiger partial charge in [-0.05, 0) is 20.0 Å². The number of carboxylic acids is 1. The molecule has 41 heavy (non-hydrogen) atoms.